The minimum atomic E-state index is -4.45. The van der Waals surface area contributed by atoms with Crippen molar-refractivity contribution in [2.24, 2.45) is 5.92 Å². The Labute approximate surface area is 241 Å². The van der Waals surface area contributed by atoms with Gasteiger partial charge >= 0.3 is 12.8 Å². The summed E-state index contributed by atoms with van der Waals surface area (Å²) in [6.07, 6.45) is -4.26. The largest absolute Gasteiger partial charge is 0.389 e. The summed E-state index contributed by atoms with van der Waals surface area (Å²) in [6, 6.07) is 3.56. The van der Waals surface area contributed by atoms with Crippen LogP contribution in [0.15, 0.2) is 30.6 Å². The first-order valence-electron chi connectivity index (χ1n) is 13.7. The fourth-order valence-electron chi connectivity index (χ4n) is 4.98. The molecule has 0 spiro atoms. The molecule has 0 aliphatic heterocycles. The van der Waals surface area contributed by atoms with Crippen LogP contribution >= 0.6 is 0 Å². The average molecular weight is 621 g/mol. The topological polar surface area (TPSA) is 114 Å². The number of nitrogens with zero attached hydrogens (tertiary/aromatic N) is 3. The molecule has 9 nitrogen and oxygen atoms in total. The number of fused-ring (bicyclic) bond motifs is 1. The molecule has 2 heterocycles. The van der Waals surface area contributed by atoms with E-state index in [1.165, 1.54) is 17.1 Å². The highest BCUT2D eigenvalue weighted by Crippen LogP contribution is 2.41. The normalized spacial score (nSPS) is 17.2. The molecule has 1 aromatic carbocycles. The lowest BCUT2D eigenvalue weighted by Gasteiger charge is -2.33. The first-order chi connectivity index (χ1) is 20.2. The van der Waals surface area contributed by atoms with Gasteiger partial charge in [0.15, 0.2) is 0 Å². The maximum Gasteiger partial charge on any atom is 0.389 e. The van der Waals surface area contributed by atoms with Crippen LogP contribution in [0.1, 0.15) is 79.3 Å². The van der Waals surface area contributed by atoms with Crippen LogP contribution in [0.25, 0.3) is 11.0 Å². The molecule has 0 radical (unpaired) electrons. The minimum absolute atomic E-state index is 0.0220. The average Bonchev–Trinajstić information content (AvgIpc) is 3.57. The van der Waals surface area contributed by atoms with Gasteiger partial charge in [0, 0.05) is 25.5 Å². The second-order valence-electron chi connectivity index (χ2n) is 10.6. The van der Waals surface area contributed by atoms with Gasteiger partial charge in [-0.1, -0.05) is 6.07 Å². The van der Waals surface area contributed by atoms with E-state index in [4.69, 9.17) is 0 Å². The Kier molecular flexibility index (Phi) is 9.97. The van der Waals surface area contributed by atoms with Crippen molar-refractivity contribution in [3.8, 4) is 0 Å². The predicted octanol–water partition coefficient (Wildman–Crippen LogP) is 5.81. The van der Waals surface area contributed by atoms with Crippen LogP contribution in [0.3, 0.4) is 0 Å². The number of aromatic amines is 1. The van der Waals surface area contributed by atoms with Crippen molar-refractivity contribution in [1.29, 1.82) is 0 Å². The lowest BCUT2D eigenvalue weighted by molar-refractivity contribution is -0.144. The summed E-state index contributed by atoms with van der Waals surface area (Å²) in [5.74, 6) is -4.20. The smallest absolute Gasteiger partial charge is 0.350 e. The first kappa shape index (κ1) is 32.2. The number of hydrogen-bond donors (Lipinski definition) is 3. The monoisotopic (exact) mass is 620 g/mol. The van der Waals surface area contributed by atoms with Gasteiger partial charge < -0.3 is 20.4 Å². The molecule has 0 bridgehead atoms. The van der Waals surface area contributed by atoms with Gasteiger partial charge in [-0.15, -0.1) is 0 Å². The zero-order chi connectivity index (χ0) is 31.4. The summed E-state index contributed by atoms with van der Waals surface area (Å²) in [6.45, 7) is -1.66. The van der Waals surface area contributed by atoms with Gasteiger partial charge in [0.05, 0.1) is 54.4 Å². The number of H-pyrrole nitrogens is 1. The number of ether oxygens (including phenoxy) is 1. The van der Waals surface area contributed by atoms with Crippen LogP contribution < -0.4 is 10.6 Å². The minimum Gasteiger partial charge on any atom is -0.350 e. The van der Waals surface area contributed by atoms with E-state index in [9.17, 15) is 40.3 Å². The molecule has 2 aromatic heterocycles. The summed E-state index contributed by atoms with van der Waals surface area (Å²) < 4.78 is 95.2. The number of imidazole rings is 1. The SMILES string of the molecule is C[C@@H](NC(=O)CCC(F)(F)F)c1ccc2nc([C@@H](NC(=O)c3cnn(CCOC(F)F)c3)C3CCC(F)(F)CC3)[nH]c2c1. The summed E-state index contributed by atoms with van der Waals surface area (Å²) in [5, 5.41) is 9.36. The Morgan fingerprint density at radius 1 is 1.19 bits per heavy atom. The van der Waals surface area contributed by atoms with E-state index in [2.05, 4.69) is 30.4 Å². The highest BCUT2D eigenvalue weighted by molar-refractivity contribution is 5.94. The number of nitrogens with one attached hydrogen (secondary N) is 3. The fraction of sp³-hybridized carbons (Fsp3) is 0.556. The highest BCUT2D eigenvalue weighted by Gasteiger charge is 2.39. The predicted molar refractivity (Wildman–Crippen MR) is 139 cm³/mol. The van der Waals surface area contributed by atoms with Gasteiger partial charge in [0.2, 0.25) is 11.8 Å². The maximum atomic E-state index is 13.9. The Balaban J connectivity index is 1.51. The van der Waals surface area contributed by atoms with Crippen LogP contribution in [0.4, 0.5) is 30.7 Å². The molecule has 4 rings (SSSR count). The third-order valence-corrected chi connectivity index (χ3v) is 7.31. The van der Waals surface area contributed by atoms with Crippen molar-refractivity contribution in [3.63, 3.8) is 0 Å². The molecular formula is C27H31F7N6O3. The van der Waals surface area contributed by atoms with E-state index in [-0.39, 0.29) is 50.3 Å². The molecular weight excluding hydrogens is 589 g/mol. The standard InChI is InChI=1S/C27H31F7N6O3/c1-15(36-21(41)6-9-27(32,33)34)17-2-3-19-20(12-17)38-23(37-19)22(16-4-7-26(30,31)8-5-16)39-24(42)18-13-35-40(14-18)10-11-43-25(28)29/h2-3,12-16,22,25H,4-11H2,1H3,(H,36,41)(H,37,38)(H,39,42)/t15-,22+/m1/s1. The Bertz CT molecular complexity index is 1400. The maximum absolute atomic E-state index is 13.9. The van der Waals surface area contributed by atoms with E-state index < -0.39 is 55.5 Å². The second kappa shape index (κ2) is 13.3. The van der Waals surface area contributed by atoms with Gasteiger partial charge in [0.25, 0.3) is 5.91 Å². The van der Waals surface area contributed by atoms with Crippen molar-refractivity contribution in [2.75, 3.05) is 6.61 Å². The third kappa shape index (κ3) is 9.15. The highest BCUT2D eigenvalue weighted by atomic mass is 19.4. The number of hydrogen-bond acceptors (Lipinski definition) is 5. The van der Waals surface area contributed by atoms with E-state index >= 15 is 0 Å². The van der Waals surface area contributed by atoms with Gasteiger partial charge in [-0.25, -0.2) is 13.8 Å². The zero-order valence-electron chi connectivity index (χ0n) is 23.1. The van der Waals surface area contributed by atoms with Crippen LogP contribution in [-0.2, 0) is 16.1 Å². The van der Waals surface area contributed by atoms with Crippen molar-refractivity contribution in [1.82, 2.24) is 30.4 Å². The molecule has 1 saturated carbocycles. The molecule has 43 heavy (non-hydrogen) atoms. The molecule has 3 N–H and O–H groups in total. The number of aromatic nitrogens is 4. The summed E-state index contributed by atoms with van der Waals surface area (Å²) in [7, 11) is 0. The van der Waals surface area contributed by atoms with Crippen LogP contribution in [-0.4, -0.2) is 56.9 Å². The van der Waals surface area contributed by atoms with Crippen LogP contribution in [0.5, 0.6) is 0 Å². The fourth-order valence-corrected chi connectivity index (χ4v) is 4.98. The lowest BCUT2D eigenvalue weighted by Crippen LogP contribution is -2.37. The van der Waals surface area contributed by atoms with E-state index in [1.807, 2.05) is 0 Å². The van der Waals surface area contributed by atoms with E-state index in [0.717, 1.165) is 0 Å². The summed E-state index contributed by atoms with van der Waals surface area (Å²) in [5.41, 5.74) is 1.71. The van der Waals surface area contributed by atoms with Gasteiger partial charge in [-0.05, 0) is 43.4 Å². The molecule has 0 saturated heterocycles. The number of carbonyl (C=O) groups is 2. The van der Waals surface area contributed by atoms with E-state index in [0.29, 0.717) is 22.4 Å². The molecule has 0 unspecified atom stereocenters. The zero-order valence-corrected chi connectivity index (χ0v) is 23.1. The molecule has 1 fully saturated rings. The molecule has 2 amide bonds. The summed E-state index contributed by atoms with van der Waals surface area (Å²) >= 11 is 0. The van der Waals surface area contributed by atoms with Crippen molar-refractivity contribution in [3.05, 3.63) is 47.5 Å². The Morgan fingerprint density at radius 2 is 1.91 bits per heavy atom. The third-order valence-electron chi connectivity index (χ3n) is 7.31. The van der Waals surface area contributed by atoms with Gasteiger partial charge in [-0.3, -0.25) is 14.3 Å². The number of alkyl halides is 7. The molecule has 3 aromatic rings. The second-order valence-corrected chi connectivity index (χ2v) is 10.6. The molecule has 2 atom stereocenters. The van der Waals surface area contributed by atoms with Crippen LogP contribution in [0, 0.1) is 5.92 Å². The molecule has 16 heteroatoms. The number of carbonyl (C=O) groups excluding carboxylic acids is 2. The molecule has 236 valence electrons. The molecule has 1 aliphatic carbocycles. The van der Waals surface area contributed by atoms with Gasteiger partial charge in [-0.2, -0.15) is 27.1 Å². The Hall–Kier alpha value is -3.69. The quantitative estimate of drug-likeness (QED) is 0.221. The van der Waals surface area contributed by atoms with Crippen molar-refractivity contribution < 1.29 is 45.1 Å². The first-order valence-corrected chi connectivity index (χ1v) is 13.7. The van der Waals surface area contributed by atoms with E-state index in [1.54, 1.807) is 25.1 Å². The number of rotatable bonds is 12. The molecule has 1 aliphatic rings. The number of benzene rings is 1. The van der Waals surface area contributed by atoms with Crippen molar-refractivity contribution >= 4 is 22.8 Å². The van der Waals surface area contributed by atoms with Crippen LogP contribution in [0.2, 0.25) is 0 Å². The summed E-state index contributed by atoms with van der Waals surface area (Å²) in [4.78, 5) is 32.8. The van der Waals surface area contributed by atoms with Gasteiger partial charge in [0.1, 0.15) is 5.82 Å². The Morgan fingerprint density at radius 3 is 2.58 bits per heavy atom. The number of halogens is 7. The lowest BCUT2D eigenvalue weighted by atomic mass is 9.81. The van der Waals surface area contributed by atoms with Crippen molar-refractivity contribution in [2.45, 2.75) is 82.8 Å². The number of amides is 2.